The summed E-state index contributed by atoms with van der Waals surface area (Å²) in [5.41, 5.74) is 1.04. The summed E-state index contributed by atoms with van der Waals surface area (Å²) in [7, 11) is 0. The maximum Gasteiger partial charge on any atom is 0.328 e. The smallest absolute Gasteiger partial charge is 0.328 e. The summed E-state index contributed by atoms with van der Waals surface area (Å²) in [4.78, 5) is 34.0. The number of fused-ring (bicyclic) bond motifs is 1. The highest BCUT2D eigenvalue weighted by Gasteiger charge is 2.34. The highest BCUT2D eigenvalue weighted by molar-refractivity contribution is 5.89. The third-order valence-electron chi connectivity index (χ3n) is 7.17. The van der Waals surface area contributed by atoms with Gasteiger partial charge in [-0.25, -0.2) is 14.0 Å². The Morgan fingerprint density at radius 3 is 2.56 bits per heavy atom. The molecule has 3 aromatic rings. The van der Waals surface area contributed by atoms with Gasteiger partial charge in [0, 0.05) is 68.3 Å². The molecule has 6 rings (SSSR count). The van der Waals surface area contributed by atoms with Gasteiger partial charge in [0.25, 0.3) is 11.4 Å². The van der Waals surface area contributed by atoms with Gasteiger partial charge in [0.05, 0.1) is 23.4 Å². The number of hydrogen-bond donors (Lipinski definition) is 4. The first kappa shape index (κ1) is 29.9. The lowest BCUT2D eigenvalue weighted by Crippen LogP contribution is -2.39. The minimum Gasteiger partial charge on any atom is -0.486 e. The zero-order valence-electron chi connectivity index (χ0n) is 22.9. The summed E-state index contributed by atoms with van der Waals surface area (Å²) in [5.74, 6) is -1.84. The predicted octanol–water partition coefficient (Wildman–Crippen LogP) is 0.430. The van der Waals surface area contributed by atoms with Crippen LogP contribution in [0.5, 0.6) is 17.4 Å². The van der Waals surface area contributed by atoms with Crippen LogP contribution >= 0.6 is 0 Å². The second-order valence-electron chi connectivity index (χ2n) is 10.2. The van der Waals surface area contributed by atoms with Crippen LogP contribution in [0.25, 0.3) is 10.9 Å². The third-order valence-corrected chi connectivity index (χ3v) is 7.17. The maximum atomic E-state index is 14.3. The van der Waals surface area contributed by atoms with Gasteiger partial charge in [-0.1, -0.05) is 0 Å². The molecular weight excluding hydrogens is 569 g/mol. The van der Waals surface area contributed by atoms with Crippen molar-refractivity contribution >= 4 is 22.8 Å². The number of carboxylic acid groups (broad SMARTS) is 2. The summed E-state index contributed by atoms with van der Waals surface area (Å²) in [6, 6.07) is 7.76. The average molecular weight is 600 g/mol. The fraction of sp³-hybridized carbons (Fsp3) is 0.393. The first-order valence-corrected chi connectivity index (χ1v) is 13.5. The molecule has 14 nitrogen and oxygen atoms in total. The Kier molecular flexibility index (Phi) is 9.13. The number of nitrogens with zero attached hydrogens (tertiary/aromatic N) is 4. The minimum atomic E-state index is -1.26. The number of ether oxygens (including phenoxy) is 3. The predicted molar refractivity (Wildman–Crippen MR) is 148 cm³/mol. The average Bonchev–Trinajstić information content (AvgIpc) is 3.34. The van der Waals surface area contributed by atoms with Crippen molar-refractivity contribution in [3.8, 4) is 17.4 Å². The van der Waals surface area contributed by atoms with Gasteiger partial charge in [0.15, 0.2) is 17.3 Å². The lowest BCUT2D eigenvalue weighted by Gasteiger charge is -2.31. The van der Waals surface area contributed by atoms with Crippen LogP contribution in [-0.4, -0.2) is 99.0 Å². The Labute approximate surface area is 243 Å². The number of nitrogens with one attached hydrogen (secondary N) is 1. The Morgan fingerprint density at radius 2 is 1.79 bits per heavy atom. The Morgan fingerprint density at radius 1 is 1.05 bits per heavy atom. The fourth-order valence-electron chi connectivity index (χ4n) is 5.28. The zero-order valence-corrected chi connectivity index (χ0v) is 22.9. The standard InChI is InChI=1S/C24H26FN5O5.C4H4O4/c25-18-3-1-14-2-4-21(32)30-17(13-35-23(18)22(14)30)11-29-10-15(19(31)12-29)8-26-9-16-7-20-24(28-27-16)34-6-5-33-20;5-3(6)1-2-4(7)8/h1-4,7,15,17,19,26,31H,5-6,8-13H2;1-2H,(H,5,6)(H,7,8)/t15-,17+,19+;/m0./s1. The van der Waals surface area contributed by atoms with E-state index in [-0.39, 0.29) is 29.9 Å². The fourth-order valence-corrected chi connectivity index (χ4v) is 5.28. The highest BCUT2D eigenvalue weighted by atomic mass is 19.1. The number of β-amino-alcohol motifs (C(OH)–C–C–N with tert-alkyl or cyclic N) is 1. The molecule has 0 radical (unpaired) electrons. The van der Waals surface area contributed by atoms with Crippen molar-refractivity contribution in [2.75, 3.05) is 46.0 Å². The van der Waals surface area contributed by atoms with E-state index >= 15 is 0 Å². The number of carboxylic acids is 2. The van der Waals surface area contributed by atoms with Gasteiger partial charge in [-0.3, -0.25) is 14.3 Å². The molecule has 43 heavy (non-hydrogen) atoms. The first-order chi connectivity index (χ1) is 20.7. The number of likely N-dealkylation sites (tertiary alicyclic amines) is 1. The van der Waals surface area contributed by atoms with E-state index < -0.39 is 23.9 Å². The molecule has 0 unspecified atom stereocenters. The molecule has 1 fully saturated rings. The molecule has 5 heterocycles. The summed E-state index contributed by atoms with van der Waals surface area (Å²) in [6.45, 7) is 3.92. The summed E-state index contributed by atoms with van der Waals surface area (Å²) < 4.78 is 32.6. The number of pyridine rings is 1. The third kappa shape index (κ3) is 7.07. The Hall–Kier alpha value is -4.60. The molecule has 4 N–H and O–H groups in total. The van der Waals surface area contributed by atoms with E-state index in [0.29, 0.717) is 75.2 Å². The number of aromatic nitrogens is 3. The summed E-state index contributed by atoms with van der Waals surface area (Å²) >= 11 is 0. The van der Waals surface area contributed by atoms with E-state index in [9.17, 15) is 23.9 Å². The van der Waals surface area contributed by atoms with Gasteiger partial charge in [-0.15, -0.1) is 5.10 Å². The van der Waals surface area contributed by atoms with Crippen molar-refractivity contribution < 1.29 is 43.5 Å². The quantitative estimate of drug-likeness (QED) is 0.262. The molecule has 3 aliphatic heterocycles. The SMILES string of the molecule is O=C(O)C=CC(=O)O.O=c1ccc2ccc(F)c3c2n1[C@H](CN1C[C@H](CNCc2cc4c(nn2)OCCO4)[C@H](O)C1)CO3. The van der Waals surface area contributed by atoms with Crippen LogP contribution in [-0.2, 0) is 16.1 Å². The van der Waals surface area contributed by atoms with Crippen molar-refractivity contribution in [1.29, 1.82) is 0 Å². The van der Waals surface area contributed by atoms with Crippen LogP contribution in [0.1, 0.15) is 11.7 Å². The summed E-state index contributed by atoms with van der Waals surface area (Å²) in [6.07, 6.45) is 0.612. The first-order valence-electron chi connectivity index (χ1n) is 13.5. The van der Waals surface area contributed by atoms with Gasteiger partial charge in [0.1, 0.15) is 19.8 Å². The van der Waals surface area contributed by atoms with Gasteiger partial charge in [-0.2, -0.15) is 5.10 Å². The highest BCUT2D eigenvalue weighted by Crippen LogP contribution is 2.34. The van der Waals surface area contributed by atoms with Crippen molar-refractivity contribution in [2.24, 2.45) is 5.92 Å². The lowest BCUT2D eigenvalue weighted by atomic mass is 10.1. The van der Waals surface area contributed by atoms with Gasteiger partial charge >= 0.3 is 11.9 Å². The number of carbonyl (C=O) groups is 2. The van der Waals surface area contributed by atoms with Crippen LogP contribution in [0.15, 0.2) is 47.3 Å². The van der Waals surface area contributed by atoms with E-state index in [2.05, 4.69) is 20.4 Å². The number of benzene rings is 1. The minimum absolute atomic E-state index is 0.0157. The molecule has 228 valence electrons. The van der Waals surface area contributed by atoms with E-state index in [0.717, 1.165) is 11.1 Å². The molecule has 0 aliphatic carbocycles. The molecule has 3 aliphatic rings. The van der Waals surface area contributed by atoms with E-state index in [1.54, 1.807) is 16.7 Å². The molecule has 3 atom stereocenters. The largest absolute Gasteiger partial charge is 0.486 e. The van der Waals surface area contributed by atoms with E-state index in [1.165, 1.54) is 12.1 Å². The van der Waals surface area contributed by atoms with E-state index in [1.807, 2.05) is 6.07 Å². The molecule has 2 aromatic heterocycles. The molecule has 0 saturated carbocycles. The van der Waals surface area contributed by atoms with Crippen LogP contribution < -0.4 is 25.1 Å². The number of aliphatic carboxylic acids is 2. The van der Waals surface area contributed by atoms with Crippen LogP contribution in [0, 0.1) is 11.7 Å². The molecule has 0 amide bonds. The van der Waals surface area contributed by atoms with Gasteiger partial charge in [-0.05, 0) is 18.2 Å². The Bertz CT molecular complexity index is 1580. The van der Waals surface area contributed by atoms with Crippen molar-refractivity contribution in [3.05, 3.63) is 64.3 Å². The maximum absolute atomic E-state index is 14.3. The topological polar surface area (TPSA) is 186 Å². The van der Waals surface area contributed by atoms with Crippen LogP contribution in [0.4, 0.5) is 4.39 Å². The van der Waals surface area contributed by atoms with Crippen molar-refractivity contribution in [3.63, 3.8) is 0 Å². The Balaban J connectivity index is 0.000000407. The normalized spacial score (nSPS) is 20.8. The number of hydrogen-bond acceptors (Lipinski definition) is 11. The van der Waals surface area contributed by atoms with Gasteiger partial charge in [0.2, 0.25) is 0 Å². The van der Waals surface area contributed by atoms with E-state index in [4.69, 9.17) is 24.4 Å². The summed E-state index contributed by atoms with van der Waals surface area (Å²) in [5, 5.41) is 38.6. The second kappa shape index (κ2) is 13.1. The zero-order chi connectivity index (χ0) is 30.5. The van der Waals surface area contributed by atoms with Crippen LogP contribution in [0.3, 0.4) is 0 Å². The van der Waals surface area contributed by atoms with Crippen LogP contribution in [0.2, 0.25) is 0 Å². The molecular formula is C28H30FN5O9. The number of halogens is 1. The van der Waals surface area contributed by atoms with Crippen molar-refractivity contribution in [1.82, 2.24) is 25.0 Å². The monoisotopic (exact) mass is 599 g/mol. The number of rotatable bonds is 8. The molecule has 1 saturated heterocycles. The number of aliphatic hydroxyl groups is 1. The van der Waals surface area contributed by atoms with Crippen molar-refractivity contribution in [2.45, 2.75) is 18.7 Å². The lowest BCUT2D eigenvalue weighted by molar-refractivity contribution is -0.134. The van der Waals surface area contributed by atoms with Gasteiger partial charge < -0.3 is 34.8 Å². The molecule has 0 bridgehead atoms. The molecule has 1 aromatic carbocycles. The number of aliphatic hydroxyl groups excluding tert-OH is 1. The molecule has 0 spiro atoms. The second-order valence-corrected chi connectivity index (χ2v) is 10.2. The molecule has 15 heteroatoms.